The number of benzene rings is 2. The molecule has 0 fully saturated rings. The Labute approximate surface area is 126 Å². The Hall–Kier alpha value is -3.08. The van der Waals surface area contributed by atoms with E-state index in [1.165, 1.54) is 6.07 Å². The third kappa shape index (κ3) is 2.33. The van der Waals surface area contributed by atoms with Gasteiger partial charge in [-0.15, -0.1) is 0 Å². The number of para-hydroxylation sites is 1. The summed E-state index contributed by atoms with van der Waals surface area (Å²) in [5.41, 5.74) is 9.04. The molecular formula is C17H15N3O2. The molecule has 0 spiro atoms. The summed E-state index contributed by atoms with van der Waals surface area (Å²) in [4.78, 5) is 26.9. The molecule has 0 bridgehead atoms. The minimum absolute atomic E-state index is 0.0913. The van der Waals surface area contributed by atoms with Crippen LogP contribution in [0.1, 0.15) is 10.4 Å². The maximum atomic E-state index is 12.2. The smallest absolute Gasteiger partial charge is 0.251 e. The molecule has 3 rings (SSSR count). The first-order valence-electron chi connectivity index (χ1n) is 6.84. The third-order valence-corrected chi connectivity index (χ3v) is 3.58. The first kappa shape index (κ1) is 13.9. The van der Waals surface area contributed by atoms with Crippen LogP contribution in [0.3, 0.4) is 0 Å². The van der Waals surface area contributed by atoms with Gasteiger partial charge in [0.1, 0.15) is 0 Å². The molecule has 5 nitrogen and oxygen atoms in total. The number of carbonyl (C=O) groups is 1. The van der Waals surface area contributed by atoms with Gasteiger partial charge >= 0.3 is 0 Å². The van der Waals surface area contributed by atoms with E-state index >= 15 is 0 Å². The van der Waals surface area contributed by atoms with Crippen LogP contribution in [0.5, 0.6) is 0 Å². The summed E-state index contributed by atoms with van der Waals surface area (Å²) in [6.45, 7) is 0. The molecule has 1 heterocycles. The lowest BCUT2D eigenvalue weighted by Gasteiger charge is -2.07. The van der Waals surface area contributed by atoms with Gasteiger partial charge in [0.05, 0.1) is 11.2 Å². The van der Waals surface area contributed by atoms with Gasteiger partial charge in [0.25, 0.3) is 5.91 Å². The van der Waals surface area contributed by atoms with Crippen LogP contribution in [0.2, 0.25) is 0 Å². The quantitative estimate of drug-likeness (QED) is 0.632. The summed E-state index contributed by atoms with van der Waals surface area (Å²) in [6, 6.07) is 13.8. The number of aromatic amines is 1. The van der Waals surface area contributed by atoms with E-state index in [-0.39, 0.29) is 11.3 Å². The molecule has 0 aliphatic rings. The van der Waals surface area contributed by atoms with E-state index in [9.17, 15) is 9.59 Å². The number of hydrogen-bond donors (Lipinski definition) is 3. The lowest BCUT2D eigenvalue weighted by Crippen LogP contribution is -2.17. The Bertz CT molecular complexity index is 911. The van der Waals surface area contributed by atoms with E-state index in [0.29, 0.717) is 27.8 Å². The van der Waals surface area contributed by atoms with Crippen molar-refractivity contribution in [2.24, 2.45) is 0 Å². The zero-order valence-electron chi connectivity index (χ0n) is 12.0. The summed E-state index contributed by atoms with van der Waals surface area (Å²) >= 11 is 0. The average molecular weight is 293 g/mol. The molecule has 0 saturated carbocycles. The molecule has 5 heteroatoms. The summed E-state index contributed by atoms with van der Waals surface area (Å²) in [7, 11) is 1.58. The van der Waals surface area contributed by atoms with Gasteiger partial charge in [0.2, 0.25) is 0 Å². The van der Waals surface area contributed by atoms with Crippen LogP contribution >= 0.6 is 0 Å². The first-order valence-corrected chi connectivity index (χ1v) is 6.84. The van der Waals surface area contributed by atoms with Gasteiger partial charge in [-0.05, 0) is 29.8 Å². The molecule has 22 heavy (non-hydrogen) atoms. The van der Waals surface area contributed by atoms with Crippen LogP contribution in [-0.4, -0.2) is 17.9 Å². The van der Waals surface area contributed by atoms with Gasteiger partial charge in [0, 0.05) is 29.8 Å². The second kappa shape index (κ2) is 5.37. The van der Waals surface area contributed by atoms with Crippen LogP contribution in [0, 0.1) is 0 Å². The van der Waals surface area contributed by atoms with Crippen molar-refractivity contribution in [2.45, 2.75) is 0 Å². The van der Waals surface area contributed by atoms with E-state index in [1.54, 1.807) is 49.5 Å². The first-order chi connectivity index (χ1) is 10.6. The fourth-order valence-electron chi connectivity index (χ4n) is 2.40. The standard InChI is InChI=1S/C17H15N3O2/c1-19-17(22)11-7-5-10(6-8-11)14-9-15(21)12-3-2-4-13(18)16(12)20-14/h2-9H,18H2,1H3,(H,19,22)(H,20,21). The van der Waals surface area contributed by atoms with Crippen molar-refractivity contribution in [3.63, 3.8) is 0 Å². The maximum Gasteiger partial charge on any atom is 0.251 e. The number of fused-ring (bicyclic) bond motifs is 1. The van der Waals surface area contributed by atoms with Gasteiger partial charge in [-0.3, -0.25) is 9.59 Å². The SMILES string of the molecule is CNC(=O)c1ccc(-c2cc(=O)c3cccc(N)c3[nH]2)cc1. The third-order valence-electron chi connectivity index (χ3n) is 3.58. The van der Waals surface area contributed by atoms with Gasteiger partial charge in [-0.2, -0.15) is 0 Å². The molecule has 4 N–H and O–H groups in total. The van der Waals surface area contributed by atoms with Crippen molar-refractivity contribution in [1.29, 1.82) is 0 Å². The Kier molecular flexibility index (Phi) is 3.39. The minimum atomic E-state index is -0.150. The van der Waals surface area contributed by atoms with Gasteiger partial charge in [-0.1, -0.05) is 18.2 Å². The van der Waals surface area contributed by atoms with Crippen LogP contribution in [0.25, 0.3) is 22.2 Å². The minimum Gasteiger partial charge on any atom is -0.397 e. The van der Waals surface area contributed by atoms with Crippen LogP contribution in [0.15, 0.2) is 53.3 Å². The van der Waals surface area contributed by atoms with Gasteiger partial charge in [0.15, 0.2) is 5.43 Å². The molecule has 0 aliphatic carbocycles. The molecular weight excluding hydrogens is 278 g/mol. The number of anilines is 1. The van der Waals surface area contributed by atoms with E-state index in [2.05, 4.69) is 10.3 Å². The fourth-order valence-corrected chi connectivity index (χ4v) is 2.40. The highest BCUT2D eigenvalue weighted by Gasteiger charge is 2.08. The average Bonchev–Trinajstić information content (AvgIpc) is 2.55. The number of hydrogen-bond acceptors (Lipinski definition) is 3. The van der Waals surface area contributed by atoms with Crippen molar-refractivity contribution in [3.05, 3.63) is 64.3 Å². The molecule has 1 amide bonds. The van der Waals surface area contributed by atoms with E-state index in [0.717, 1.165) is 5.56 Å². The van der Waals surface area contributed by atoms with Gasteiger partial charge < -0.3 is 16.0 Å². The molecule has 0 saturated heterocycles. The van der Waals surface area contributed by atoms with E-state index in [4.69, 9.17) is 5.73 Å². The Morgan fingerprint density at radius 1 is 1.14 bits per heavy atom. The number of rotatable bonds is 2. The Morgan fingerprint density at radius 3 is 2.55 bits per heavy atom. The van der Waals surface area contributed by atoms with Crippen molar-refractivity contribution in [3.8, 4) is 11.3 Å². The van der Waals surface area contributed by atoms with Crippen LogP contribution in [0.4, 0.5) is 5.69 Å². The highest BCUT2D eigenvalue weighted by molar-refractivity contribution is 5.94. The van der Waals surface area contributed by atoms with Crippen LogP contribution < -0.4 is 16.5 Å². The van der Waals surface area contributed by atoms with E-state index < -0.39 is 0 Å². The molecule has 3 aromatic rings. The molecule has 1 aromatic heterocycles. The van der Waals surface area contributed by atoms with E-state index in [1.807, 2.05) is 0 Å². The summed E-state index contributed by atoms with van der Waals surface area (Å²) in [5, 5.41) is 3.13. The number of pyridine rings is 1. The number of carbonyl (C=O) groups excluding carboxylic acids is 1. The molecule has 0 atom stereocenters. The zero-order chi connectivity index (χ0) is 15.7. The monoisotopic (exact) mass is 293 g/mol. The summed E-state index contributed by atoms with van der Waals surface area (Å²) in [5.74, 6) is -0.150. The highest BCUT2D eigenvalue weighted by atomic mass is 16.1. The Morgan fingerprint density at radius 2 is 1.86 bits per heavy atom. The van der Waals surface area contributed by atoms with Crippen molar-refractivity contribution in [2.75, 3.05) is 12.8 Å². The topological polar surface area (TPSA) is 88.0 Å². The Balaban J connectivity index is 2.12. The lowest BCUT2D eigenvalue weighted by atomic mass is 10.1. The molecule has 2 aromatic carbocycles. The van der Waals surface area contributed by atoms with Crippen molar-refractivity contribution >= 4 is 22.5 Å². The number of nitrogens with one attached hydrogen (secondary N) is 2. The molecule has 0 unspecified atom stereocenters. The molecule has 0 aliphatic heterocycles. The molecule has 110 valence electrons. The summed E-state index contributed by atoms with van der Waals surface area (Å²) in [6.07, 6.45) is 0. The van der Waals surface area contributed by atoms with Crippen molar-refractivity contribution < 1.29 is 4.79 Å². The van der Waals surface area contributed by atoms with Crippen LogP contribution in [-0.2, 0) is 0 Å². The number of amides is 1. The highest BCUT2D eigenvalue weighted by Crippen LogP contribution is 2.22. The van der Waals surface area contributed by atoms with Gasteiger partial charge in [-0.25, -0.2) is 0 Å². The maximum absolute atomic E-state index is 12.2. The lowest BCUT2D eigenvalue weighted by molar-refractivity contribution is 0.0963. The normalized spacial score (nSPS) is 10.6. The van der Waals surface area contributed by atoms with Crippen molar-refractivity contribution in [1.82, 2.24) is 10.3 Å². The number of nitrogen functional groups attached to an aromatic ring is 1. The predicted octanol–water partition coefficient (Wildman–Crippen LogP) is 2.14. The summed E-state index contributed by atoms with van der Waals surface area (Å²) < 4.78 is 0. The molecule has 0 radical (unpaired) electrons. The number of nitrogens with two attached hydrogens (primary N) is 1. The predicted molar refractivity (Wildman–Crippen MR) is 87.8 cm³/mol. The second-order valence-electron chi connectivity index (χ2n) is 4.97. The zero-order valence-corrected chi connectivity index (χ0v) is 12.0. The second-order valence-corrected chi connectivity index (χ2v) is 4.97. The number of H-pyrrole nitrogens is 1. The number of aromatic nitrogens is 1. The fraction of sp³-hybridized carbons (Fsp3) is 0.0588. The largest absolute Gasteiger partial charge is 0.397 e.